The molecule has 214 valence electrons. The van der Waals surface area contributed by atoms with E-state index in [0.29, 0.717) is 17.3 Å². The minimum Gasteiger partial charge on any atom is -0.307 e. The minimum atomic E-state index is -0.242. The van der Waals surface area contributed by atoms with Gasteiger partial charge in [-0.15, -0.1) is 0 Å². The van der Waals surface area contributed by atoms with E-state index in [9.17, 15) is 9.18 Å². The Labute approximate surface area is 256 Å². The number of halogens is 2. The molecule has 2 aliphatic heterocycles. The number of rotatable bonds is 6. The number of aryl methyl sites for hydroxylation is 2. The lowest BCUT2D eigenvalue weighted by atomic mass is 9.74. The van der Waals surface area contributed by atoms with Gasteiger partial charge in [-0.3, -0.25) is 9.69 Å². The van der Waals surface area contributed by atoms with E-state index in [1.54, 1.807) is 36.0 Å². The molecule has 0 aliphatic carbocycles. The molecule has 0 unspecified atom stereocenters. The fourth-order valence-corrected chi connectivity index (χ4v) is 7.15. The fraction of sp³-hybridized carbons (Fsp3) is 0.257. The normalized spacial score (nSPS) is 16.3. The highest BCUT2D eigenvalue weighted by Gasteiger charge is 2.46. The molecule has 3 heterocycles. The summed E-state index contributed by atoms with van der Waals surface area (Å²) in [5.41, 5.74) is 5.80. The molecule has 1 saturated heterocycles. The largest absolute Gasteiger partial charge is 0.307 e. The van der Waals surface area contributed by atoms with Crippen LogP contribution in [0, 0.1) is 19.7 Å². The number of fused-ring (bicyclic) bond motifs is 2. The number of likely N-dealkylation sites (tertiary alicyclic amines) is 1. The molecule has 1 amide bonds. The smallest absolute Gasteiger partial charge is 0.258 e. The van der Waals surface area contributed by atoms with Crippen LogP contribution < -0.4 is 4.90 Å². The zero-order chi connectivity index (χ0) is 29.3. The number of aromatic nitrogens is 1. The van der Waals surface area contributed by atoms with E-state index in [4.69, 9.17) is 11.6 Å². The summed E-state index contributed by atoms with van der Waals surface area (Å²) in [5, 5.41) is 0.325. The summed E-state index contributed by atoms with van der Waals surface area (Å²) in [7, 11) is 0. The first kappa shape index (κ1) is 28.7. The third-order valence-electron chi connectivity index (χ3n) is 8.32. The van der Waals surface area contributed by atoms with Gasteiger partial charge in [0.1, 0.15) is 11.0 Å². The summed E-state index contributed by atoms with van der Waals surface area (Å²) >= 11 is 7.85. The van der Waals surface area contributed by atoms with Crippen molar-refractivity contribution in [1.82, 2.24) is 9.88 Å². The Morgan fingerprint density at radius 3 is 2.40 bits per heavy atom. The first-order valence-electron chi connectivity index (χ1n) is 14.3. The second kappa shape index (κ2) is 12.0. The van der Waals surface area contributed by atoms with Gasteiger partial charge in [0, 0.05) is 45.2 Å². The monoisotopic (exact) mass is 597 g/mol. The van der Waals surface area contributed by atoms with Crippen LogP contribution >= 0.6 is 23.4 Å². The van der Waals surface area contributed by atoms with Crippen molar-refractivity contribution in [1.29, 1.82) is 0 Å². The highest BCUT2D eigenvalue weighted by atomic mass is 35.5. The molecule has 1 spiro atoms. The van der Waals surface area contributed by atoms with Crippen LogP contribution in [0.1, 0.15) is 45.6 Å². The van der Waals surface area contributed by atoms with Crippen molar-refractivity contribution in [2.75, 3.05) is 31.1 Å². The summed E-state index contributed by atoms with van der Waals surface area (Å²) < 4.78 is 13.5. The van der Waals surface area contributed by atoms with Gasteiger partial charge in [0.2, 0.25) is 0 Å². The molecule has 4 aromatic rings. The molecule has 1 aromatic heterocycles. The molecule has 42 heavy (non-hydrogen) atoms. The third kappa shape index (κ3) is 6.17. The second-order valence-corrected chi connectivity index (χ2v) is 12.9. The van der Waals surface area contributed by atoms with E-state index in [2.05, 4.69) is 71.4 Å². The molecule has 6 rings (SSSR count). The van der Waals surface area contributed by atoms with Crippen molar-refractivity contribution in [2.45, 2.75) is 41.9 Å². The number of hydrogen-bond acceptors (Lipinski definition) is 4. The summed E-state index contributed by atoms with van der Waals surface area (Å²) in [6.07, 6.45) is 6.36. The number of piperidine rings is 1. The van der Waals surface area contributed by atoms with Gasteiger partial charge in [-0.05, 0) is 106 Å². The van der Waals surface area contributed by atoms with Crippen molar-refractivity contribution in [3.8, 4) is 0 Å². The third-order valence-corrected chi connectivity index (χ3v) is 9.51. The van der Waals surface area contributed by atoms with Crippen molar-refractivity contribution < 1.29 is 9.18 Å². The Kier molecular flexibility index (Phi) is 8.22. The van der Waals surface area contributed by atoms with Crippen molar-refractivity contribution in [2.24, 2.45) is 0 Å². The second-order valence-electron chi connectivity index (χ2n) is 11.3. The molecular weight excluding hydrogens is 565 g/mol. The Morgan fingerprint density at radius 1 is 0.976 bits per heavy atom. The van der Waals surface area contributed by atoms with Crippen LogP contribution in [-0.2, 0) is 5.41 Å². The maximum Gasteiger partial charge on any atom is 0.258 e. The van der Waals surface area contributed by atoms with E-state index < -0.39 is 0 Å². The average Bonchev–Trinajstić information content (AvgIpc) is 3.28. The number of pyridine rings is 1. The average molecular weight is 598 g/mol. The zero-order valence-electron chi connectivity index (χ0n) is 23.8. The lowest BCUT2D eigenvalue weighted by Gasteiger charge is -2.39. The molecule has 0 atom stereocenters. The van der Waals surface area contributed by atoms with Crippen LogP contribution in [0.25, 0.3) is 6.08 Å². The molecule has 0 N–H and O–H groups in total. The lowest BCUT2D eigenvalue weighted by molar-refractivity contribution is 0.0977. The van der Waals surface area contributed by atoms with Crippen LogP contribution in [0.2, 0.25) is 5.15 Å². The number of hydrogen-bond donors (Lipinski definition) is 0. The van der Waals surface area contributed by atoms with Gasteiger partial charge in [-0.2, -0.15) is 0 Å². The Morgan fingerprint density at radius 2 is 1.69 bits per heavy atom. The molecular formula is C35H33ClFN3OS. The summed E-state index contributed by atoms with van der Waals surface area (Å²) in [6.45, 7) is 7.39. The fourth-order valence-electron chi connectivity index (χ4n) is 6.05. The number of carbonyl (C=O) groups is 1. The first-order chi connectivity index (χ1) is 20.3. The first-order valence-corrected chi connectivity index (χ1v) is 15.5. The SMILES string of the molecule is Cc1ccc(/C=C/CN2CCC3(CC2)CN(C(=O)c2cc(C)nc(Cl)c2)c2ccc(Sc4ccc(F)cc4)cc23)cc1. The molecule has 4 nitrogen and oxygen atoms in total. The van der Waals surface area contributed by atoms with Gasteiger partial charge in [-0.25, -0.2) is 9.37 Å². The van der Waals surface area contributed by atoms with E-state index >= 15 is 0 Å². The van der Waals surface area contributed by atoms with Crippen LogP contribution in [-0.4, -0.2) is 42.0 Å². The Bertz CT molecular complexity index is 1610. The van der Waals surface area contributed by atoms with Crippen LogP contribution in [0.4, 0.5) is 10.1 Å². The maximum atomic E-state index is 13.9. The number of benzene rings is 3. The van der Waals surface area contributed by atoms with E-state index in [1.807, 2.05) is 11.8 Å². The van der Waals surface area contributed by atoms with Gasteiger partial charge in [-0.1, -0.05) is 65.3 Å². The highest BCUT2D eigenvalue weighted by molar-refractivity contribution is 7.99. The van der Waals surface area contributed by atoms with Gasteiger partial charge >= 0.3 is 0 Å². The molecule has 0 radical (unpaired) electrons. The van der Waals surface area contributed by atoms with Crippen molar-refractivity contribution >= 4 is 41.0 Å². The number of anilines is 1. The number of amides is 1. The van der Waals surface area contributed by atoms with Crippen LogP contribution in [0.5, 0.6) is 0 Å². The predicted octanol–water partition coefficient (Wildman–Crippen LogP) is 8.35. The van der Waals surface area contributed by atoms with Crippen molar-refractivity contribution in [3.63, 3.8) is 0 Å². The molecule has 7 heteroatoms. The van der Waals surface area contributed by atoms with Crippen LogP contribution in [0.15, 0.2) is 94.7 Å². The van der Waals surface area contributed by atoms with E-state index in [1.165, 1.54) is 28.8 Å². The lowest BCUT2D eigenvalue weighted by Crippen LogP contribution is -2.46. The molecule has 3 aromatic carbocycles. The maximum absolute atomic E-state index is 13.9. The molecule has 2 aliphatic rings. The summed E-state index contributed by atoms with van der Waals surface area (Å²) in [5.74, 6) is -0.295. The Balaban J connectivity index is 1.25. The van der Waals surface area contributed by atoms with Gasteiger partial charge in [0.15, 0.2) is 0 Å². The van der Waals surface area contributed by atoms with E-state index in [-0.39, 0.29) is 17.1 Å². The quantitative estimate of drug-likeness (QED) is 0.209. The van der Waals surface area contributed by atoms with E-state index in [0.717, 1.165) is 53.6 Å². The summed E-state index contributed by atoms with van der Waals surface area (Å²) in [6, 6.07) is 25.0. The van der Waals surface area contributed by atoms with Crippen molar-refractivity contribution in [3.05, 3.63) is 124 Å². The Hall–Kier alpha value is -3.45. The molecule has 0 saturated carbocycles. The topological polar surface area (TPSA) is 36.4 Å². The molecule has 0 bridgehead atoms. The zero-order valence-corrected chi connectivity index (χ0v) is 25.4. The predicted molar refractivity (Wildman–Crippen MR) is 170 cm³/mol. The number of carbonyl (C=O) groups excluding carboxylic acids is 1. The van der Waals surface area contributed by atoms with Crippen LogP contribution in [0.3, 0.4) is 0 Å². The molecule has 1 fully saturated rings. The van der Waals surface area contributed by atoms with Gasteiger partial charge in [0.05, 0.1) is 0 Å². The highest BCUT2D eigenvalue weighted by Crippen LogP contribution is 2.49. The number of nitrogens with zero attached hydrogens (tertiary/aromatic N) is 3. The minimum absolute atomic E-state index is 0.0528. The van der Waals surface area contributed by atoms with Gasteiger partial charge in [0.25, 0.3) is 5.91 Å². The van der Waals surface area contributed by atoms with Gasteiger partial charge < -0.3 is 4.90 Å². The standard InChI is InChI=1S/C35H33ClFN3OS/c1-24-5-7-26(8-6-24)4-3-17-39-18-15-35(16-19-39)23-40(34(41)27-20-25(2)38-33(36)21-27)32-14-13-30(22-31(32)35)42-29-11-9-28(37)10-12-29/h3-14,20-22H,15-19,23H2,1-2H3/b4-3+. The summed E-state index contributed by atoms with van der Waals surface area (Å²) in [4.78, 5) is 24.6.